The first-order valence-electron chi connectivity index (χ1n) is 8.91. The van der Waals surface area contributed by atoms with Crippen molar-refractivity contribution in [3.05, 3.63) is 69.8 Å². The van der Waals surface area contributed by atoms with Gasteiger partial charge in [0.1, 0.15) is 11.9 Å². The first kappa shape index (κ1) is 17.3. The summed E-state index contributed by atoms with van der Waals surface area (Å²) in [6, 6.07) is 10.9. The summed E-state index contributed by atoms with van der Waals surface area (Å²) in [4.78, 5) is 30.7. The van der Waals surface area contributed by atoms with E-state index in [9.17, 15) is 9.59 Å². The SMILES string of the molecule is Cc1ccnc2ccc(C(=O)N3CC(Oc4cc(C)n(C)c(=O)c4)C3)cc12. The minimum absolute atomic E-state index is 0.0137. The number of carbonyl (C=O) groups is 1. The number of aromatic nitrogens is 2. The Morgan fingerprint density at radius 1 is 1.15 bits per heavy atom. The lowest BCUT2D eigenvalue weighted by atomic mass is 10.0. The van der Waals surface area contributed by atoms with Gasteiger partial charge in [0, 0.05) is 36.0 Å². The molecule has 1 amide bonds. The fraction of sp³-hybridized carbons (Fsp3) is 0.286. The molecule has 0 aliphatic carbocycles. The van der Waals surface area contributed by atoms with E-state index in [0.29, 0.717) is 24.4 Å². The quantitative estimate of drug-likeness (QED) is 0.717. The van der Waals surface area contributed by atoms with E-state index in [-0.39, 0.29) is 17.6 Å². The zero-order valence-electron chi connectivity index (χ0n) is 15.6. The summed E-state index contributed by atoms with van der Waals surface area (Å²) in [5, 5.41) is 0.993. The first-order valence-corrected chi connectivity index (χ1v) is 8.91. The molecular weight excluding hydrogens is 342 g/mol. The van der Waals surface area contributed by atoms with Crippen LogP contribution in [0.3, 0.4) is 0 Å². The number of benzene rings is 1. The van der Waals surface area contributed by atoms with E-state index in [1.165, 1.54) is 6.07 Å². The van der Waals surface area contributed by atoms with Crippen LogP contribution >= 0.6 is 0 Å². The van der Waals surface area contributed by atoms with E-state index in [1.54, 1.807) is 22.7 Å². The summed E-state index contributed by atoms with van der Waals surface area (Å²) in [7, 11) is 1.73. The highest BCUT2D eigenvalue weighted by Crippen LogP contribution is 2.22. The van der Waals surface area contributed by atoms with Crippen LogP contribution in [0.2, 0.25) is 0 Å². The highest BCUT2D eigenvalue weighted by atomic mass is 16.5. The Labute approximate surface area is 157 Å². The molecule has 3 heterocycles. The molecule has 4 rings (SSSR count). The molecule has 6 heteroatoms. The van der Waals surface area contributed by atoms with Crippen LogP contribution in [0.4, 0.5) is 0 Å². The Balaban J connectivity index is 1.44. The van der Waals surface area contributed by atoms with Gasteiger partial charge in [-0.3, -0.25) is 14.6 Å². The third-order valence-electron chi connectivity index (χ3n) is 5.12. The third kappa shape index (κ3) is 3.18. The van der Waals surface area contributed by atoms with Crippen molar-refractivity contribution in [2.24, 2.45) is 7.05 Å². The minimum atomic E-state index is -0.0996. The summed E-state index contributed by atoms with van der Waals surface area (Å²) >= 11 is 0. The molecule has 1 aliphatic heterocycles. The van der Waals surface area contributed by atoms with Crippen LogP contribution < -0.4 is 10.3 Å². The molecule has 3 aromatic rings. The Kier molecular flexibility index (Phi) is 4.18. The molecule has 6 nitrogen and oxygen atoms in total. The summed E-state index contributed by atoms with van der Waals surface area (Å²) < 4.78 is 7.42. The number of ether oxygens (including phenoxy) is 1. The van der Waals surface area contributed by atoms with E-state index < -0.39 is 0 Å². The second-order valence-corrected chi connectivity index (χ2v) is 7.04. The van der Waals surface area contributed by atoms with Gasteiger partial charge in [-0.2, -0.15) is 0 Å². The maximum atomic E-state index is 12.7. The number of nitrogens with zero attached hydrogens (tertiary/aromatic N) is 3. The Morgan fingerprint density at radius 3 is 2.67 bits per heavy atom. The largest absolute Gasteiger partial charge is 0.486 e. The van der Waals surface area contributed by atoms with Gasteiger partial charge in [0.25, 0.3) is 11.5 Å². The fourth-order valence-electron chi connectivity index (χ4n) is 3.27. The van der Waals surface area contributed by atoms with Crippen LogP contribution in [0.25, 0.3) is 10.9 Å². The standard InChI is InChI=1S/C21H21N3O3/c1-13-6-7-22-19-5-4-15(9-18(13)19)21(26)24-11-17(12-24)27-16-8-14(2)23(3)20(25)10-16/h4-10,17H,11-12H2,1-3H3. The van der Waals surface area contributed by atoms with Crippen LogP contribution in [-0.4, -0.2) is 39.6 Å². The number of hydrogen-bond donors (Lipinski definition) is 0. The Hall–Kier alpha value is -3.15. The van der Waals surface area contributed by atoms with Crippen molar-refractivity contribution >= 4 is 16.8 Å². The van der Waals surface area contributed by atoms with Crippen molar-refractivity contribution in [2.75, 3.05) is 13.1 Å². The van der Waals surface area contributed by atoms with E-state index in [2.05, 4.69) is 4.98 Å². The van der Waals surface area contributed by atoms with Crippen LogP contribution in [0.5, 0.6) is 5.75 Å². The lowest BCUT2D eigenvalue weighted by Gasteiger charge is -2.39. The van der Waals surface area contributed by atoms with Crippen LogP contribution in [0.15, 0.2) is 47.4 Å². The van der Waals surface area contributed by atoms with Crippen LogP contribution in [0, 0.1) is 13.8 Å². The highest BCUT2D eigenvalue weighted by Gasteiger charge is 2.33. The normalized spacial score (nSPS) is 14.3. The molecule has 0 spiro atoms. The molecule has 0 radical (unpaired) electrons. The van der Waals surface area contributed by atoms with Crippen molar-refractivity contribution in [1.82, 2.24) is 14.5 Å². The number of amides is 1. The van der Waals surface area contributed by atoms with Crippen LogP contribution in [0.1, 0.15) is 21.6 Å². The molecular formula is C21H21N3O3. The molecule has 0 bridgehead atoms. The Bertz CT molecular complexity index is 1100. The summed E-state index contributed by atoms with van der Waals surface area (Å²) in [5.74, 6) is 0.542. The van der Waals surface area contributed by atoms with Gasteiger partial charge in [-0.25, -0.2) is 0 Å². The second kappa shape index (κ2) is 6.54. The van der Waals surface area contributed by atoms with Gasteiger partial charge in [0.15, 0.2) is 0 Å². The molecule has 0 saturated carbocycles. The molecule has 27 heavy (non-hydrogen) atoms. The summed E-state index contributed by atoms with van der Waals surface area (Å²) in [5.41, 5.74) is 3.38. The predicted octanol–water partition coefficient (Wildman–Crippen LogP) is 2.45. The third-order valence-corrected chi connectivity index (χ3v) is 5.12. The second-order valence-electron chi connectivity index (χ2n) is 7.04. The van der Waals surface area contributed by atoms with Crippen LogP contribution in [-0.2, 0) is 7.05 Å². The number of rotatable bonds is 3. The molecule has 1 saturated heterocycles. The fourth-order valence-corrected chi connectivity index (χ4v) is 3.27. The van der Waals surface area contributed by atoms with E-state index in [1.807, 2.05) is 44.2 Å². The smallest absolute Gasteiger partial charge is 0.254 e. The van der Waals surface area contributed by atoms with Gasteiger partial charge in [-0.05, 0) is 49.7 Å². The predicted molar refractivity (Wildman–Crippen MR) is 103 cm³/mol. The molecule has 2 aromatic heterocycles. The average molecular weight is 363 g/mol. The number of hydrogen-bond acceptors (Lipinski definition) is 4. The number of aryl methyl sites for hydroxylation is 2. The molecule has 0 unspecified atom stereocenters. The number of pyridine rings is 2. The topological polar surface area (TPSA) is 64.4 Å². The number of carbonyl (C=O) groups excluding carboxylic acids is 1. The van der Waals surface area contributed by atoms with Gasteiger partial charge in [-0.15, -0.1) is 0 Å². The number of fused-ring (bicyclic) bond motifs is 1. The number of likely N-dealkylation sites (tertiary alicyclic amines) is 1. The van der Waals surface area contributed by atoms with Crippen molar-refractivity contribution in [3.8, 4) is 5.75 Å². The molecule has 0 N–H and O–H groups in total. The average Bonchev–Trinajstić information content (AvgIpc) is 2.62. The molecule has 0 atom stereocenters. The van der Waals surface area contributed by atoms with Crippen molar-refractivity contribution in [3.63, 3.8) is 0 Å². The van der Waals surface area contributed by atoms with Gasteiger partial charge in [0.2, 0.25) is 0 Å². The molecule has 1 fully saturated rings. The first-order chi connectivity index (χ1) is 12.9. The van der Waals surface area contributed by atoms with Gasteiger partial charge in [0.05, 0.1) is 18.6 Å². The summed E-state index contributed by atoms with van der Waals surface area (Å²) in [6.07, 6.45) is 1.68. The molecule has 1 aliphatic rings. The van der Waals surface area contributed by atoms with Gasteiger partial charge in [-0.1, -0.05) is 0 Å². The van der Waals surface area contributed by atoms with Crippen molar-refractivity contribution in [2.45, 2.75) is 20.0 Å². The Morgan fingerprint density at radius 2 is 1.93 bits per heavy atom. The van der Waals surface area contributed by atoms with E-state index >= 15 is 0 Å². The summed E-state index contributed by atoms with van der Waals surface area (Å²) in [6.45, 7) is 4.90. The van der Waals surface area contributed by atoms with E-state index in [0.717, 1.165) is 22.2 Å². The maximum Gasteiger partial charge on any atom is 0.254 e. The highest BCUT2D eigenvalue weighted by molar-refractivity contribution is 5.99. The van der Waals surface area contributed by atoms with E-state index in [4.69, 9.17) is 4.74 Å². The maximum absolute atomic E-state index is 12.7. The zero-order valence-corrected chi connectivity index (χ0v) is 15.6. The van der Waals surface area contributed by atoms with Gasteiger partial charge < -0.3 is 14.2 Å². The van der Waals surface area contributed by atoms with Crippen molar-refractivity contribution < 1.29 is 9.53 Å². The lowest BCUT2D eigenvalue weighted by Crippen LogP contribution is -2.56. The zero-order chi connectivity index (χ0) is 19.1. The molecule has 138 valence electrons. The lowest BCUT2D eigenvalue weighted by molar-refractivity contribution is 0.0177. The van der Waals surface area contributed by atoms with Crippen molar-refractivity contribution in [1.29, 1.82) is 0 Å². The minimum Gasteiger partial charge on any atom is -0.486 e. The molecule has 1 aromatic carbocycles. The van der Waals surface area contributed by atoms with Gasteiger partial charge >= 0.3 is 0 Å². The monoisotopic (exact) mass is 363 g/mol.